The maximum Gasteiger partial charge on any atom is 0.290 e. The van der Waals surface area contributed by atoms with E-state index in [-0.39, 0.29) is 5.96 Å². The van der Waals surface area contributed by atoms with Crippen LogP contribution < -0.4 is 10.3 Å². The fourth-order valence-corrected chi connectivity index (χ4v) is 2.61. The lowest BCUT2D eigenvalue weighted by Crippen LogP contribution is -2.48. The van der Waals surface area contributed by atoms with E-state index in [1.807, 2.05) is 5.01 Å². The summed E-state index contributed by atoms with van der Waals surface area (Å²) < 4.78 is 0.378. The molecule has 1 aromatic rings. The highest BCUT2D eigenvalue weighted by Crippen LogP contribution is 2.25. The first-order valence-electron chi connectivity index (χ1n) is 5.66. The molecule has 1 aliphatic heterocycles. The summed E-state index contributed by atoms with van der Waals surface area (Å²) in [4.78, 5) is 16.1. The van der Waals surface area contributed by atoms with Crippen LogP contribution in [0.3, 0.4) is 0 Å². The van der Waals surface area contributed by atoms with Crippen LogP contribution in [-0.2, 0) is 0 Å². The molecule has 1 saturated heterocycles. The molecule has 0 radical (unpaired) electrons. The number of halogens is 1. The minimum absolute atomic E-state index is 0.146. The molecular weight excluding hydrogens is 292 g/mol. The molecule has 0 amide bonds. The molecule has 8 nitrogen and oxygen atoms in total. The fraction of sp³-hybridized carbons (Fsp3) is 0.556. The number of hydrazone groups is 1. The zero-order valence-corrected chi connectivity index (χ0v) is 11.8. The highest BCUT2D eigenvalue weighted by molar-refractivity contribution is 7.19. The molecule has 0 unspecified atom stereocenters. The van der Waals surface area contributed by atoms with Gasteiger partial charge in [0.05, 0.1) is 6.20 Å². The molecule has 0 bridgehead atoms. The number of rotatable bonds is 3. The van der Waals surface area contributed by atoms with Gasteiger partial charge in [0.1, 0.15) is 10.1 Å². The second-order valence-corrected chi connectivity index (χ2v) is 5.57. The Morgan fingerprint density at radius 2 is 2.37 bits per heavy atom. The maximum atomic E-state index is 10.6. The number of nitro groups is 1. The van der Waals surface area contributed by atoms with E-state index in [4.69, 9.17) is 11.6 Å². The third-order valence-corrected chi connectivity index (χ3v) is 3.85. The number of hydrogen-bond donors (Lipinski definition) is 1. The quantitative estimate of drug-likeness (QED) is 0.393. The standard InChI is InChI=1S/C9H13ClN6O2S/c1-14(7-6-11-8(10)19-7)9(13-16(17)18)12-15-4-2-3-5-15/h6H,2-5H2,1H3,(H,12,13). The predicted octanol–water partition coefficient (Wildman–Crippen LogP) is 1.38. The number of guanidine groups is 1. The lowest BCUT2D eigenvalue weighted by molar-refractivity contribution is -0.485. The van der Waals surface area contributed by atoms with Gasteiger partial charge >= 0.3 is 0 Å². The topological polar surface area (TPSA) is 86.9 Å². The Morgan fingerprint density at radius 1 is 1.68 bits per heavy atom. The summed E-state index contributed by atoms with van der Waals surface area (Å²) >= 11 is 6.99. The Balaban J connectivity index is 2.14. The molecule has 1 N–H and O–H groups in total. The Morgan fingerprint density at radius 3 is 2.89 bits per heavy atom. The molecule has 0 atom stereocenters. The average Bonchev–Trinajstić information content (AvgIpc) is 2.98. The Bertz CT molecular complexity index is 487. The Labute approximate surface area is 118 Å². The van der Waals surface area contributed by atoms with E-state index in [1.54, 1.807) is 18.1 Å². The Kier molecular flexibility index (Phi) is 4.51. The molecule has 2 heterocycles. The van der Waals surface area contributed by atoms with Gasteiger partial charge in [0.2, 0.25) is 0 Å². The van der Waals surface area contributed by atoms with E-state index in [1.165, 1.54) is 11.3 Å². The van der Waals surface area contributed by atoms with Crippen molar-refractivity contribution in [3.63, 3.8) is 0 Å². The molecule has 1 fully saturated rings. The van der Waals surface area contributed by atoms with E-state index in [0.717, 1.165) is 25.9 Å². The van der Waals surface area contributed by atoms with Crippen LogP contribution >= 0.6 is 22.9 Å². The van der Waals surface area contributed by atoms with Crippen molar-refractivity contribution in [3.8, 4) is 0 Å². The van der Waals surface area contributed by atoms with Gasteiger partial charge < -0.3 is 0 Å². The summed E-state index contributed by atoms with van der Waals surface area (Å²) in [7, 11) is 1.68. The summed E-state index contributed by atoms with van der Waals surface area (Å²) in [5, 5.41) is 15.9. The molecule has 1 aromatic heterocycles. The number of thiazole rings is 1. The molecule has 2 rings (SSSR count). The summed E-state index contributed by atoms with van der Waals surface area (Å²) in [6.07, 6.45) is 3.68. The van der Waals surface area contributed by atoms with E-state index >= 15 is 0 Å². The minimum Gasteiger partial charge on any atom is -0.299 e. The van der Waals surface area contributed by atoms with Crippen LogP contribution in [0.25, 0.3) is 0 Å². The van der Waals surface area contributed by atoms with Crippen LogP contribution in [-0.4, -0.2) is 41.1 Å². The van der Waals surface area contributed by atoms with Crippen LogP contribution in [0.1, 0.15) is 12.8 Å². The first-order valence-corrected chi connectivity index (χ1v) is 6.85. The Hall–Kier alpha value is -1.45. The normalized spacial score (nSPS) is 16.6. The maximum absolute atomic E-state index is 10.6. The van der Waals surface area contributed by atoms with Crippen LogP contribution in [0.2, 0.25) is 4.47 Å². The van der Waals surface area contributed by atoms with Crippen molar-refractivity contribution in [2.75, 3.05) is 25.0 Å². The first kappa shape index (κ1) is 14.0. The monoisotopic (exact) mass is 304 g/mol. The number of anilines is 1. The lowest BCUT2D eigenvalue weighted by atomic mass is 10.4. The third-order valence-electron chi connectivity index (χ3n) is 2.65. The van der Waals surface area contributed by atoms with Crippen LogP contribution in [0, 0.1) is 10.1 Å². The molecule has 0 aromatic carbocycles. The van der Waals surface area contributed by atoms with Crippen LogP contribution in [0.15, 0.2) is 11.3 Å². The number of hydrazine groups is 1. The zero-order chi connectivity index (χ0) is 13.8. The van der Waals surface area contributed by atoms with Crippen molar-refractivity contribution in [2.24, 2.45) is 5.10 Å². The van der Waals surface area contributed by atoms with Crippen molar-refractivity contribution in [1.82, 2.24) is 15.4 Å². The summed E-state index contributed by atoms with van der Waals surface area (Å²) in [6, 6.07) is 0. The second kappa shape index (κ2) is 6.13. The van der Waals surface area contributed by atoms with Gasteiger partial charge in [-0.2, -0.15) is 0 Å². The summed E-state index contributed by atoms with van der Waals surface area (Å²) in [6.45, 7) is 1.68. The van der Waals surface area contributed by atoms with E-state index in [2.05, 4.69) is 15.5 Å². The van der Waals surface area contributed by atoms with Gasteiger partial charge in [-0.05, 0) is 12.8 Å². The second-order valence-electron chi connectivity index (χ2n) is 3.98. The zero-order valence-electron chi connectivity index (χ0n) is 10.2. The fourth-order valence-electron chi connectivity index (χ4n) is 1.72. The van der Waals surface area contributed by atoms with Crippen molar-refractivity contribution >= 4 is 33.9 Å². The van der Waals surface area contributed by atoms with E-state index in [0.29, 0.717) is 9.47 Å². The van der Waals surface area contributed by atoms with Crippen molar-refractivity contribution < 1.29 is 5.03 Å². The minimum atomic E-state index is -0.725. The van der Waals surface area contributed by atoms with Crippen molar-refractivity contribution in [1.29, 1.82) is 0 Å². The van der Waals surface area contributed by atoms with E-state index < -0.39 is 5.03 Å². The van der Waals surface area contributed by atoms with Crippen molar-refractivity contribution in [2.45, 2.75) is 12.8 Å². The summed E-state index contributed by atoms with van der Waals surface area (Å²) in [5.41, 5.74) is 2.96. The van der Waals surface area contributed by atoms with Crippen LogP contribution in [0.4, 0.5) is 5.00 Å². The number of hydrogen-bond acceptors (Lipinski definition) is 5. The van der Waals surface area contributed by atoms with Gasteiger partial charge in [0.25, 0.3) is 5.96 Å². The molecule has 0 spiro atoms. The van der Waals surface area contributed by atoms with Gasteiger partial charge in [0.15, 0.2) is 9.50 Å². The van der Waals surface area contributed by atoms with Gasteiger partial charge in [0, 0.05) is 20.1 Å². The number of aromatic nitrogens is 1. The molecule has 1 aliphatic rings. The van der Waals surface area contributed by atoms with Gasteiger partial charge in [-0.3, -0.25) is 10.3 Å². The third kappa shape index (κ3) is 3.75. The molecule has 10 heteroatoms. The highest BCUT2D eigenvalue weighted by Gasteiger charge is 2.20. The molecule has 0 saturated carbocycles. The van der Waals surface area contributed by atoms with Crippen molar-refractivity contribution in [3.05, 3.63) is 20.8 Å². The van der Waals surface area contributed by atoms with Gasteiger partial charge in [-0.25, -0.2) is 20.1 Å². The van der Waals surface area contributed by atoms with E-state index in [9.17, 15) is 10.1 Å². The predicted molar refractivity (Wildman–Crippen MR) is 73.9 cm³/mol. The summed E-state index contributed by atoms with van der Waals surface area (Å²) in [5.74, 6) is 0.146. The average molecular weight is 305 g/mol. The van der Waals surface area contributed by atoms with Gasteiger partial charge in [-0.1, -0.05) is 22.9 Å². The molecule has 19 heavy (non-hydrogen) atoms. The number of nitrogens with one attached hydrogen (secondary N) is 1. The molecule has 104 valence electrons. The number of nitrogens with zero attached hydrogens (tertiary/aromatic N) is 5. The molecule has 0 aliphatic carbocycles. The largest absolute Gasteiger partial charge is 0.299 e. The SMILES string of the molecule is CN(C(=N[N+](=O)[O-])NN1CCCC1)c1cnc(Cl)s1. The lowest BCUT2D eigenvalue weighted by Gasteiger charge is -2.23. The first-order chi connectivity index (χ1) is 9.06. The van der Waals surface area contributed by atoms with Gasteiger partial charge in [-0.15, -0.1) is 0 Å². The smallest absolute Gasteiger partial charge is 0.290 e. The molecular formula is C9H13ClN6O2S. The van der Waals surface area contributed by atoms with Crippen LogP contribution in [0.5, 0.6) is 0 Å². The highest BCUT2D eigenvalue weighted by atomic mass is 35.5.